The second kappa shape index (κ2) is 6.09. The minimum Gasteiger partial charge on any atom is -0.256 e. The Kier molecular flexibility index (Phi) is 3.99. The summed E-state index contributed by atoms with van der Waals surface area (Å²) in [5, 5.41) is 0. The summed E-state index contributed by atoms with van der Waals surface area (Å²) in [5.41, 5.74) is 8.07. The van der Waals surface area contributed by atoms with Crippen LogP contribution in [0.2, 0.25) is 0 Å². The number of hydrogen-bond acceptors (Lipinski definition) is 1. The van der Waals surface area contributed by atoms with Crippen molar-refractivity contribution in [3.8, 4) is 22.4 Å². The molecule has 0 saturated carbocycles. The highest BCUT2D eigenvalue weighted by Crippen LogP contribution is 2.46. The molecule has 0 N–H and O–H groups in total. The highest BCUT2D eigenvalue weighted by atomic mass is 14.7. The van der Waals surface area contributed by atoms with E-state index in [9.17, 15) is 0 Å². The third-order valence-electron chi connectivity index (χ3n) is 6.03. The maximum absolute atomic E-state index is 4.83. The van der Waals surface area contributed by atoms with Gasteiger partial charge >= 0.3 is 0 Å². The summed E-state index contributed by atoms with van der Waals surface area (Å²) < 4.78 is 0. The second-order valence-corrected chi connectivity index (χ2v) is 8.83. The molecule has 1 aliphatic carbocycles. The topological polar surface area (TPSA) is 12.9 Å². The van der Waals surface area contributed by atoms with E-state index in [-0.39, 0.29) is 10.8 Å². The van der Waals surface area contributed by atoms with Crippen molar-refractivity contribution < 1.29 is 0 Å². The van der Waals surface area contributed by atoms with Gasteiger partial charge in [0.25, 0.3) is 0 Å². The Morgan fingerprint density at radius 2 is 1.19 bits per heavy atom. The van der Waals surface area contributed by atoms with Crippen molar-refractivity contribution in [2.24, 2.45) is 0 Å². The zero-order chi connectivity index (χ0) is 18.4. The van der Waals surface area contributed by atoms with Crippen molar-refractivity contribution in [1.29, 1.82) is 0 Å². The van der Waals surface area contributed by atoms with Gasteiger partial charge in [-0.2, -0.15) is 0 Å². The Hall–Kier alpha value is -2.41. The van der Waals surface area contributed by atoms with Crippen LogP contribution in [0.3, 0.4) is 0 Å². The first-order valence-corrected chi connectivity index (χ1v) is 9.54. The molecule has 1 heterocycles. The summed E-state index contributed by atoms with van der Waals surface area (Å²) in [5.74, 6) is 0. The molecule has 3 aromatic rings. The molecule has 1 nitrogen and oxygen atoms in total. The lowest BCUT2D eigenvalue weighted by atomic mass is 9.63. The summed E-state index contributed by atoms with van der Waals surface area (Å²) in [7, 11) is 0. The molecule has 1 heteroatoms. The number of nitrogens with zero attached hydrogens (tertiary/aromatic N) is 1. The molecule has 0 aliphatic heterocycles. The Bertz CT molecular complexity index is 918. The van der Waals surface area contributed by atoms with E-state index in [4.69, 9.17) is 4.98 Å². The van der Waals surface area contributed by atoms with E-state index in [0.29, 0.717) is 0 Å². The van der Waals surface area contributed by atoms with Crippen molar-refractivity contribution in [3.05, 3.63) is 78.0 Å². The van der Waals surface area contributed by atoms with Gasteiger partial charge in [-0.25, -0.2) is 0 Å². The maximum Gasteiger partial charge on any atom is 0.0705 e. The van der Waals surface area contributed by atoms with Crippen LogP contribution in [-0.4, -0.2) is 4.98 Å². The molecule has 4 rings (SSSR count). The smallest absolute Gasteiger partial charge is 0.0705 e. The number of pyridine rings is 1. The molecule has 1 aliphatic rings. The third kappa shape index (κ3) is 2.96. The molecule has 0 amide bonds. The van der Waals surface area contributed by atoms with E-state index < -0.39 is 0 Å². The van der Waals surface area contributed by atoms with E-state index in [2.05, 4.69) is 94.6 Å². The minimum atomic E-state index is 0.215. The van der Waals surface area contributed by atoms with Crippen molar-refractivity contribution >= 4 is 0 Å². The lowest BCUT2D eigenvalue weighted by Crippen LogP contribution is -2.34. The van der Waals surface area contributed by atoms with Crippen LogP contribution in [0.15, 0.2) is 66.9 Å². The van der Waals surface area contributed by atoms with Crippen molar-refractivity contribution in [1.82, 2.24) is 4.98 Å². The van der Waals surface area contributed by atoms with E-state index >= 15 is 0 Å². The molecule has 0 spiro atoms. The van der Waals surface area contributed by atoms with Crippen LogP contribution in [0.1, 0.15) is 51.7 Å². The van der Waals surface area contributed by atoms with E-state index in [1.54, 1.807) is 0 Å². The van der Waals surface area contributed by atoms with E-state index in [1.807, 2.05) is 0 Å². The molecule has 0 unspecified atom stereocenters. The molecule has 1 aromatic heterocycles. The number of rotatable bonds is 2. The summed E-state index contributed by atoms with van der Waals surface area (Å²) in [6, 6.07) is 21.6. The Balaban J connectivity index is 1.73. The minimum absolute atomic E-state index is 0.215. The van der Waals surface area contributed by atoms with Crippen LogP contribution in [-0.2, 0) is 10.8 Å². The average Bonchev–Trinajstić information content (AvgIpc) is 2.66. The molecular formula is C25H27N. The Labute approximate surface area is 157 Å². The maximum atomic E-state index is 4.83. The zero-order valence-electron chi connectivity index (χ0n) is 16.2. The average molecular weight is 341 g/mol. The normalized spacial score (nSPS) is 17.5. The molecule has 0 bridgehead atoms. The summed E-state index contributed by atoms with van der Waals surface area (Å²) in [6.07, 6.45) is 4.57. The molecule has 0 atom stereocenters. The Morgan fingerprint density at radius 1 is 0.654 bits per heavy atom. The van der Waals surface area contributed by atoms with Crippen molar-refractivity contribution in [2.75, 3.05) is 0 Å². The van der Waals surface area contributed by atoms with E-state index in [0.717, 1.165) is 5.69 Å². The molecule has 0 radical (unpaired) electrons. The third-order valence-corrected chi connectivity index (χ3v) is 6.03. The lowest BCUT2D eigenvalue weighted by molar-refractivity contribution is 0.331. The highest BCUT2D eigenvalue weighted by Gasteiger charge is 2.37. The number of fused-ring (bicyclic) bond motifs is 1. The molecule has 2 aromatic carbocycles. The van der Waals surface area contributed by atoms with Gasteiger partial charge in [0.15, 0.2) is 0 Å². The predicted molar refractivity (Wildman–Crippen MR) is 110 cm³/mol. The first-order valence-electron chi connectivity index (χ1n) is 9.54. The molecule has 0 fully saturated rings. The number of aromatic nitrogens is 1. The second-order valence-electron chi connectivity index (χ2n) is 8.83. The largest absolute Gasteiger partial charge is 0.256 e. The van der Waals surface area contributed by atoms with E-state index in [1.165, 1.54) is 40.7 Å². The van der Waals surface area contributed by atoms with Crippen molar-refractivity contribution in [3.63, 3.8) is 0 Å². The number of benzene rings is 2. The van der Waals surface area contributed by atoms with Gasteiger partial charge in [0.2, 0.25) is 0 Å². The quantitative estimate of drug-likeness (QED) is 0.501. The van der Waals surface area contributed by atoms with Gasteiger partial charge in [-0.15, -0.1) is 0 Å². The summed E-state index contributed by atoms with van der Waals surface area (Å²) >= 11 is 0. The lowest BCUT2D eigenvalue weighted by Gasteiger charge is -2.41. The Morgan fingerprint density at radius 3 is 1.85 bits per heavy atom. The first-order chi connectivity index (χ1) is 12.4. The summed E-state index contributed by atoms with van der Waals surface area (Å²) in [4.78, 5) is 4.83. The monoisotopic (exact) mass is 341 g/mol. The van der Waals surface area contributed by atoms with Gasteiger partial charge in [-0.3, -0.25) is 4.98 Å². The van der Waals surface area contributed by atoms with Crippen LogP contribution in [0.4, 0.5) is 0 Å². The fourth-order valence-corrected chi connectivity index (χ4v) is 4.07. The molecule has 26 heavy (non-hydrogen) atoms. The standard InChI is InChI=1S/C25H27N/c1-24(2)14-15-25(3,4)22-17-26-23(16-21(22)24)20-12-10-19(11-13-20)18-8-6-5-7-9-18/h5-13,16-17H,14-15H2,1-4H3. The first kappa shape index (κ1) is 17.0. The van der Waals surface area contributed by atoms with Crippen LogP contribution < -0.4 is 0 Å². The van der Waals surface area contributed by atoms with Crippen LogP contribution in [0, 0.1) is 0 Å². The highest BCUT2D eigenvalue weighted by molar-refractivity contribution is 5.69. The fourth-order valence-electron chi connectivity index (χ4n) is 4.07. The van der Waals surface area contributed by atoms with Gasteiger partial charge < -0.3 is 0 Å². The van der Waals surface area contributed by atoms with Crippen LogP contribution in [0.25, 0.3) is 22.4 Å². The van der Waals surface area contributed by atoms with Gasteiger partial charge in [-0.1, -0.05) is 82.3 Å². The van der Waals surface area contributed by atoms with Crippen LogP contribution in [0.5, 0.6) is 0 Å². The SMILES string of the molecule is CC1(C)CCC(C)(C)c2cc(-c3ccc(-c4ccccc4)cc3)ncc21. The molecule has 0 saturated heterocycles. The van der Waals surface area contributed by atoms with Gasteiger partial charge in [0.1, 0.15) is 0 Å². The fraction of sp³-hybridized carbons (Fsp3) is 0.320. The number of hydrogen-bond donors (Lipinski definition) is 0. The predicted octanol–water partition coefficient (Wildman–Crippen LogP) is 6.76. The molecule has 132 valence electrons. The van der Waals surface area contributed by atoms with Gasteiger partial charge in [0, 0.05) is 11.8 Å². The molecular weight excluding hydrogens is 314 g/mol. The summed E-state index contributed by atoms with van der Waals surface area (Å²) in [6.45, 7) is 9.42. The van der Waals surface area contributed by atoms with Crippen molar-refractivity contribution in [2.45, 2.75) is 51.4 Å². The zero-order valence-corrected chi connectivity index (χ0v) is 16.2. The van der Waals surface area contributed by atoms with Gasteiger partial charge in [-0.05, 0) is 52.0 Å². The van der Waals surface area contributed by atoms with Crippen LogP contribution >= 0.6 is 0 Å². The van der Waals surface area contributed by atoms with Gasteiger partial charge in [0.05, 0.1) is 5.69 Å².